The van der Waals surface area contributed by atoms with Gasteiger partial charge >= 0.3 is 0 Å². The summed E-state index contributed by atoms with van der Waals surface area (Å²) in [6.45, 7) is 0.763. The average Bonchev–Trinajstić information content (AvgIpc) is 3.06. The van der Waals surface area contributed by atoms with Gasteiger partial charge in [0.25, 0.3) is 0 Å². The molecule has 4 heteroatoms. The first-order valence-electron chi connectivity index (χ1n) is 7.45. The van der Waals surface area contributed by atoms with Gasteiger partial charge in [-0.3, -0.25) is 4.79 Å². The summed E-state index contributed by atoms with van der Waals surface area (Å²) in [7, 11) is 0. The summed E-state index contributed by atoms with van der Waals surface area (Å²) in [5.74, 6) is 0.192. The molecular formula is C18H21NO2S. The van der Waals surface area contributed by atoms with Crippen LogP contribution in [0.15, 0.2) is 53.9 Å². The van der Waals surface area contributed by atoms with Crippen LogP contribution in [0.25, 0.3) is 6.08 Å². The molecule has 1 amide bonds. The fourth-order valence-electron chi connectivity index (χ4n) is 2.33. The first-order chi connectivity index (χ1) is 10.8. The van der Waals surface area contributed by atoms with Gasteiger partial charge in [-0.1, -0.05) is 36.4 Å². The van der Waals surface area contributed by atoms with E-state index in [1.165, 1.54) is 5.56 Å². The Morgan fingerprint density at radius 1 is 1.18 bits per heavy atom. The number of carbonyl (C=O) groups excluding carboxylic acids is 1. The Balaban J connectivity index is 1.79. The number of rotatable bonds is 8. The van der Waals surface area contributed by atoms with Gasteiger partial charge in [-0.05, 0) is 41.8 Å². The summed E-state index contributed by atoms with van der Waals surface area (Å²) in [4.78, 5) is 12.8. The minimum atomic E-state index is -0.0794. The number of thiophene rings is 1. The van der Waals surface area contributed by atoms with Gasteiger partial charge in [0.1, 0.15) is 0 Å². The molecular weight excluding hydrogens is 294 g/mol. The molecule has 0 aliphatic rings. The predicted octanol–water partition coefficient (Wildman–Crippen LogP) is 3.43. The second-order valence-corrected chi connectivity index (χ2v) is 6.03. The van der Waals surface area contributed by atoms with Crippen molar-refractivity contribution in [1.29, 1.82) is 0 Å². The molecule has 0 spiro atoms. The van der Waals surface area contributed by atoms with Crippen molar-refractivity contribution < 1.29 is 9.90 Å². The number of benzene rings is 1. The van der Waals surface area contributed by atoms with E-state index in [1.54, 1.807) is 17.4 Å². The maximum Gasteiger partial charge on any atom is 0.244 e. The van der Waals surface area contributed by atoms with E-state index in [2.05, 4.69) is 17.4 Å². The van der Waals surface area contributed by atoms with E-state index in [0.29, 0.717) is 13.0 Å². The van der Waals surface area contributed by atoms with Gasteiger partial charge in [0.05, 0.1) is 0 Å². The lowest BCUT2D eigenvalue weighted by Gasteiger charge is -2.16. The molecule has 0 aliphatic carbocycles. The quantitative estimate of drug-likeness (QED) is 0.733. The molecule has 1 heterocycles. The zero-order chi connectivity index (χ0) is 15.6. The summed E-state index contributed by atoms with van der Waals surface area (Å²) < 4.78 is 0. The third-order valence-electron chi connectivity index (χ3n) is 3.48. The Morgan fingerprint density at radius 2 is 2.00 bits per heavy atom. The van der Waals surface area contributed by atoms with Crippen molar-refractivity contribution >= 4 is 23.3 Å². The standard InChI is InChI=1S/C18H21NO2S/c20-13-11-16(15-5-2-1-3-6-15)10-12-19-18(21)9-8-17-7-4-14-22-17/h1-9,14,16,20H,10-13H2,(H,19,21)/b9-8+. The second kappa shape index (κ2) is 9.18. The molecule has 0 fully saturated rings. The minimum Gasteiger partial charge on any atom is -0.396 e. The molecule has 1 aromatic heterocycles. The number of hydrogen-bond acceptors (Lipinski definition) is 3. The summed E-state index contributed by atoms with van der Waals surface area (Å²) in [5.41, 5.74) is 1.21. The molecule has 0 aliphatic heterocycles. The van der Waals surface area contributed by atoms with Crippen molar-refractivity contribution in [2.75, 3.05) is 13.2 Å². The van der Waals surface area contributed by atoms with E-state index in [0.717, 1.165) is 11.3 Å². The second-order valence-electron chi connectivity index (χ2n) is 5.05. The normalized spacial score (nSPS) is 12.4. The highest BCUT2D eigenvalue weighted by Crippen LogP contribution is 2.22. The van der Waals surface area contributed by atoms with Crippen LogP contribution < -0.4 is 5.32 Å². The zero-order valence-electron chi connectivity index (χ0n) is 12.4. The van der Waals surface area contributed by atoms with E-state index in [1.807, 2.05) is 41.8 Å². The number of carbonyl (C=O) groups is 1. The molecule has 1 aromatic carbocycles. The third kappa shape index (κ3) is 5.47. The van der Waals surface area contributed by atoms with Gasteiger partial charge in [-0.2, -0.15) is 0 Å². The summed E-state index contributed by atoms with van der Waals surface area (Å²) in [6.07, 6.45) is 4.92. The average molecular weight is 315 g/mol. The van der Waals surface area contributed by atoms with Crippen LogP contribution >= 0.6 is 11.3 Å². The van der Waals surface area contributed by atoms with E-state index >= 15 is 0 Å². The minimum absolute atomic E-state index is 0.0794. The number of aliphatic hydroxyl groups excluding tert-OH is 1. The lowest BCUT2D eigenvalue weighted by molar-refractivity contribution is -0.116. The smallest absolute Gasteiger partial charge is 0.244 e. The molecule has 0 saturated carbocycles. The molecule has 0 radical (unpaired) electrons. The van der Waals surface area contributed by atoms with Crippen molar-refractivity contribution in [3.63, 3.8) is 0 Å². The Labute approximate surface area is 135 Å². The Bertz CT molecular complexity index is 578. The zero-order valence-corrected chi connectivity index (χ0v) is 13.3. The maximum atomic E-state index is 11.8. The van der Waals surface area contributed by atoms with Gasteiger partial charge in [0, 0.05) is 24.1 Å². The van der Waals surface area contributed by atoms with Gasteiger partial charge in [-0.15, -0.1) is 11.3 Å². The highest BCUT2D eigenvalue weighted by Gasteiger charge is 2.10. The van der Waals surface area contributed by atoms with E-state index < -0.39 is 0 Å². The SMILES string of the molecule is O=C(/C=C/c1cccs1)NCCC(CCO)c1ccccc1. The molecule has 2 rings (SSSR count). The number of aliphatic hydroxyl groups is 1. The molecule has 1 unspecified atom stereocenters. The molecule has 1 atom stereocenters. The van der Waals surface area contributed by atoms with Crippen LogP contribution in [0.5, 0.6) is 0 Å². The van der Waals surface area contributed by atoms with Gasteiger partial charge in [0.2, 0.25) is 5.91 Å². The van der Waals surface area contributed by atoms with Crippen LogP contribution in [0.1, 0.15) is 29.2 Å². The monoisotopic (exact) mass is 315 g/mol. The number of nitrogens with one attached hydrogen (secondary N) is 1. The lowest BCUT2D eigenvalue weighted by Crippen LogP contribution is -2.23. The van der Waals surface area contributed by atoms with Gasteiger partial charge < -0.3 is 10.4 Å². The predicted molar refractivity (Wildman–Crippen MR) is 91.9 cm³/mol. The lowest BCUT2D eigenvalue weighted by atomic mass is 9.93. The first kappa shape index (κ1) is 16.5. The van der Waals surface area contributed by atoms with Crippen LogP contribution in [-0.2, 0) is 4.79 Å². The van der Waals surface area contributed by atoms with Crippen molar-refractivity contribution in [1.82, 2.24) is 5.32 Å². The summed E-state index contributed by atoms with van der Waals surface area (Å²) in [6, 6.07) is 14.1. The summed E-state index contributed by atoms with van der Waals surface area (Å²) in [5, 5.41) is 14.1. The largest absolute Gasteiger partial charge is 0.396 e. The van der Waals surface area contributed by atoms with Gasteiger partial charge in [0.15, 0.2) is 0 Å². The Kier molecular flexibility index (Phi) is 6.87. The van der Waals surface area contributed by atoms with Crippen LogP contribution in [-0.4, -0.2) is 24.2 Å². The van der Waals surface area contributed by atoms with E-state index in [9.17, 15) is 9.90 Å². The van der Waals surface area contributed by atoms with Crippen LogP contribution in [0.4, 0.5) is 0 Å². The fraction of sp³-hybridized carbons (Fsp3) is 0.278. The van der Waals surface area contributed by atoms with Crippen LogP contribution in [0.3, 0.4) is 0 Å². The third-order valence-corrected chi connectivity index (χ3v) is 4.32. The van der Waals surface area contributed by atoms with Gasteiger partial charge in [-0.25, -0.2) is 0 Å². The van der Waals surface area contributed by atoms with Crippen LogP contribution in [0, 0.1) is 0 Å². The van der Waals surface area contributed by atoms with Crippen molar-refractivity contribution in [3.05, 3.63) is 64.4 Å². The molecule has 2 aromatic rings. The fourth-order valence-corrected chi connectivity index (χ4v) is 2.95. The molecule has 0 saturated heterocycles. The molecule has 2 N–H and O–H groups in total. The van der Waals surface area contributed by atoms with Crippen LogP contribution in [0.2, 0.25) is 0 Å². The van der Waals surface area contributed by atoms with Crippen molar-refractivity contribution in [2.24, 2.45) is 0 Å². The van der Waals surface area contributed by atoms with Crippen molar-refractivity contribution in [2.45, 2.75) is 18.8 Å². The highest BCUT2D eigenvalue weighted by atomic mass is 32.1. The molecule has 3 nitrogen and oxygen atoms in total. The Morgan fingerprint density at radius 3 is 2.68 bits per heavy atom. The van der Waals surface area contributed by atoms with Crippen molar-refractivity contribution in [3.8, 4) is 0 Å². The topological polar surface area (TPSA) is 49.3 Å². The number of amides is 1. The number of hydrogen-bond donors (Lipinski definition) is 2. The Hall–Kier alpha value is -1.91. The molecule has 0 bridgehead atoms. The molecule has 116 valence electrons. The van der Waals surface area contributed by atoms with E-state index in [4.69, 9.17) is 0 Å². The van der Waals surface area contributed by atoms with E-state index in [-0.39, 0.29) is 18.4 Å². The highest BCUT2D eigenvalue weighted by molar-refractivity contribution is 7.10. The molecule has 22 heavy (non-hydrogen) atoms. The maximum absolute atomic E-state index is 11.8. The summed E-state index contributed by atoms with van der Waals surface area (Å²) >= 11 is 1.60. The first-order valence-corrected chi connectivity index (χ1v) is 8.33.